The third kappa shape index (κ3) is 3.94. The van der Waals surface area contributed by atoms with Crippen molar-refractivity contribution in [3.63, 3.8) is 0 Å². The van der Waals surface area contributed by atoms with E-state index in [1.807, 2.05) is 0 Å². The molecular formula is C32H38Cl2Zr. The molecule has 3 heteroatoms. The molecule has 5 rings (SSSR count). The molecule has 1 atom stereocenters. The van der Waals surface area contributed by atoms with Crippen molar-refractivity contribution in [1.29, 1.82) is 0 Å². The molecule has 0 saturated carbocycles. The normalized spacial score (nSPS) is 16.9. The zero-order valence-electron chi connectivity index (χ0n) is 21.6. The fraction of sp³-hybridized carbons (Fsp3) is 0.281. The zero-order chi connectivity index (χ0) is 23.4. The van der Waals surface area contributed by atoms with E-state index in [2.05, 4.69) is 113 Å². The second kappa shape index (κ2) is 10.1. The van der Waals surface area contributed by atoms with Crippen molar-refractivity contribution in [2.24, 2.45) is 11.8 Å². The summed E-state index contributed by atoms with van der Waals surface area (Å²) in [5, 5.41) is 0. The van der Waals surface area contributed by atoms with E-state index >= 15 is 0 Å². The number of benzene rings is 3. The van der Waals surface area contributed by atoms with Crippen molar-refractivity contribution in [1.82, 2.24) is 0 Å². The second-order valence-corrected chi connectivity index (χ2v) is 24.8. The summed E-state index contributed by atoms with van der Waals surface area (Å²) in [5.41, 5.74) is 8.89. The minimum absolute atomic E-state index is 0. The molecule has 3 aromatic carbocycles. The Bertz CT molecular complexity index is 1380. The van der Waals surface area contributed by atoms with Gasteiger partial charge in [0.1, 0.15) is 0 Å². The standard InChI is InChI=1S/C13H9.C10H15.C6H5.C2H5.CH2.2ClH.Zr/c1-3-7-12-10(5-1)9-11-6-2-4-8-13(11)12;1-7(2)10-6-8(3)5-9(10)4;1-2-4-6-5-3-1;1-2;;;;/h1-5,7-8H,9H2;6-8H,1-4H3;1-5H;1H2,2H3;1H2;2*1H;. The van der Waals surface area contributed by atoms with Gasteiger partial charge in [-0.3, -0.25) is 0 Å². The molecule has 2 aliphatic rings. The average molecular weight is 585 g/mol. The Morgan fingerprint density at radius 1 is 0.886 bits per heavy atom. The first-order valence-corrected chi connectivity index (χ1v) is 19.7. The Labute approximate surface area is 225 Å². The van der Waals surface area contributed by atoms with E-state index in [1.54, 1.807) is 6.55 Å². The number of halogens is 2. The van der Waals surface area contributed by atoms with E-state index in [0.717, 1.165) is 10.5 Å². The number of allylic oxidation sites excluding steroid dienone is 4. The molecule has 0 aliphatic heterocycles. The van der Waals surface area contributed by atoms with E-state index < -0.39 is 18.3 Å². The third-order valence-corrected chi connectivity index (χ3v) is 26.4. The van der Waals surface area contributed by atoms with Gasteiger partial charge >= 0.3 is 202 Å². The average Bonchev–Trinajstić information content (AvgIpc) is 3.36. The Morgan fingerprint density at radius 2 is 1.51 bits per heavy atom. The van der Waals surface area contributed by atoms with Crippen LogP contribution in [0.3, 0.4) is 0 Å². The van der Waals surface area contributed by atoms with Gasteiger partial charge < -0.3 is 0 Å². The van der Waals surface area contributed by atoms with Gasteiger partial charge in [-0.15, -0.1) is 24.8 Å². The first-order chi connectivity index (χ1) is 15.8. The van der Waals surface area contributed by atoms with Crippen LogP contribution >= 0.6 is 24.8 Å². The SMILES string of the molecule is Cl.Cl.[CH2]=[Zr]([CH2]C)([C]1=C(C)C(C(C)C)=CC1C)([c]1ccccc1)[c]1cccc2c1Cc1ccccc1-2. The summed E-state index contributed by atoms with van der Waals surface area (Å²) in [5.74, 6) is 0.973. The van der Waals surface area contributed by atoms with Crippen LogP contribution in [-0.4, -0.2) is 4.21 Å². The number of rotatable bonds is 5. The van der Waals surface area contributed by atoms with Crippen molar-refractivity contribution in [3.8, 4) is 11.1 Å². The van der Waals surface area contributed by atoms with Crippen LogP contribution in [-0.2, 0) is 24.7 Å². The van der Waals surface area contributed by atoms with Crippen LogP contribution in [0.25, 0.3) is 11.1 Å². The molecule has 1 unspecified atom stereocenters. The summed E-state index contributed by atoms with van der Waals surface area (Å²) in [7, 11) is 0. The van der Waals surface area contributed by atoms with Gasteiger partial charge in [0, 0.05) is 0 Å². The van der Waals surface area contributed by atoms with Crippen molar-refractivity contribution in [2.75, 3.05) is 0 Å². The number of hydrogen-bond donors (Lipinski definition) is 0. The van der Waals surface area contributed by atoms with Gasteiger partial charge in [0.05, 0.1) is 0 Å². The number of fused-ring (bicyclic) bond motifs is 3. The van der Waals surface area contributed by atoms with Crippen LogP contribution in [0.4, 0.5) is 0 Å². The quantitative estimate of drug-likeness (QED) is 0.222. The van der Waals surface area contributed by atoms with Gasteiger partial charge in [-0.25, -0.2) is 0 Å². The summed E-state index contributed by atoms with van der Waals surface area (Å²) in [6, 6.07) is 27.5. The topological polar surface area (TPSA) is 0 Å². The van der Waals surface area contributed by atoms with E-state index in [4.69, 9.17) is 4.21 Å². The second-order valence-electron chi connectivity index (χ2n) is 10.7. The van der Waals surface area contributed by atoms with Crippen LogP contribution in [0.5, 0.6) is 0 Å². The molecule has 0 nitrogen and oxygen atoms in total. The van der Waals surface area contributed by atoms with Crippen LogP contribution in [0.1, 0.15) is 45.7 Å². The molecule has 3 aromatic rings. The van der Waals surface area contributed by atoms with Crippen LogP contribution < -0.4 is 6.54 Å². The third-order valence-electron chi connectivity index (χ3n) is 8.75. The molecule has 0 bridgehead atoms. The van der Waals surface area contributed by atoms with Crippen molar-refractivity contribution < 1.29 is 18.3 Å². The summed E-state index contributed by atoms with van der Waals surface area (Å²) >= 11 is -4.19. The molecular weight excluding hydrogens is 546 g/mol. The predicted octanol–water partition coefficient (Wildman–Crippen LogP) is 8.12. The van der Waals surface area contributed by atoms with E-state index in [0.29, 0.717) is 11.8 Å². The molecule has 0 fully saturated rings. The maximum absolute atomic E-state index is 5.50. The summed E-state index contributed by atoms with van der Waals surface area (Å²) in [4.78, 5) is 0. The minimum atomic E-state index is -4.19. The molecule has 35 heavy (non-hydrogen) atoms. The maximum atomic E-state index is 5.50. The fourth-order valence-corrected chi connectivity index (χ4v) is 23.8. The molecule has 2 aliphatic carbocycles. The Hall–Kier alpha value is -1.53. The fourth-order valence-electron chi connectivity index (χ4n) is 7.21. The first-order valence-electron chi connectivity index (χ1n) is 12.5. The molecule has 0 aromatic heterocycles. The van der Waals surface area contributed by atoms with Crippen LogP contribution in [0.15, 0.2) is 93.3 Å². The molecule has 0 N–H and O–H groups in total. The summed E-state index contributed by atoms with van der Waals surface area (Å²) in [6.45, 7) is 11.9. The molecule has 0 radical (unpaired) electrons. The monoisotopic (exact) mass is 582 g/mol. The molecule has 0 saturated heterocycles. The molecule has 0 amide bonds. The van der Waals surface area contributed by atoms with Gasteiger partial charge in [0.25, 0.3) is 0 Å². The Morgan fingerprint density at radius 3 is 2.14 bits per heavy atom. The first kappa shape index (κ1) is 28.1. The van der Waals surface area contributed by atoms with E-state index in [1.165, 1.54) is 36.7 Å². The van der Waals surface area contributed by atoms with E-state index in [-0.39, 0.29) is 24.8 Å². The molecule has 184 valence electrons. The molecule has 0 heterocycles. The predicted molar refractivity (Wildman–Crippen MR) is 157 cm³/mol. The van der Waals surface area contributed by atoms with E-state index in [9.17, 15) is 0 Å². The summed E-state index contributed by atoms with van der Waals surface area (Å²) < 4.78 is 11.4. The van der Waals surface area contributed by atoms with Gasteiger partial charge in [-0.1, -0.05) is 0 Å². The van der Waals surface area contributed by atoms with Crippen molar-refractivity contribution >= 4 is 35.6 Å². The van der Waals surface area contributed by atoms with Crippen LogP contribution in [0, 0.1) is 11.8 Å². The van der Waals surface area contributed by atoms with Gasteiger partial charge in [0.2, 0.25) is 0 Å². The van der Waals surface area contributed by atoms with Crippen molar-refractivity contribution in [2.45, 2.75) is 45.2 Å². The zero-order valence-corrected chi connectivity index (χ0v) is 25.7. The van der Waals surface area contributed by atoms with Gasteiger partial charge in [-0.05, 0) is 0 Å². The van der Waals surface area contributed by atoms with Crippen molar-refractivity contribution in [3.05, 3.63) is 104 Å². The number of hydrogen-bond acceptors (Lipinski definition) is 0. The van der Waals surface area contributed by atoms with Crippen LogP contribution in [0.2, 0.25) is 4.13 Å². The molecule has 0 spiro atoms. The van der Waals surface area contributed by atoms with Gasteiger partial charge in [-0.2, -0.15) is 0 Å². The van der Waals surface area contributed by atoms with Gasteiger partial charge in [0.15, 0.2) is 0 Å². The Kier molecular flexibility index (Phi) is 8.08. The summed E-state index contributed by atoms with van der Waals surface area (Å²) in [6.07, 6.45) is 3.57. The Balaban J connectivity index is 0.00000171.